The average molecular weight is 365 g/mol. The van der Waals surface area contributed by atoms with Crippen molar-refractivity contribution < 1.29 is 23.0 Å². The summed E-state index contributed by atoms with van der Waals surface area (Å²) >= 11 is 1.31. The molecule has 1 aliphatic heterocycles. The Labute approximate surface area is 148 Å². The van der Waals surface area contributed by atoms with Crippen LogP contribution in [0.2, 0.25) is 0 Å². The van der Waals surface area contributed by atoms with Gasteiger partial charge in [-0.15, -0.1) is 11.8 Å². The van der Waals surface area contributed by atoms with Crippen molar-refractivity contribution in [2.24, 2.45) is 0 Å². The minimum Gasteiger partial charge on any atom is -0.454 e. The number of nitrogens with one attached hydrogen (secondary N) is 1. The zero-order valence-electron chi connectivity index (χ0n) is 13.6. The molecule has 7 heteroatoms. The first-order chi connectivity index (χ1) is 12.0. The lowest BCUT2D eigenvalue weighted by Gasteiger charge is -2.14. The molecule has 25 heavy (non-hydrogen) atoms. The molecule has 0 aromatic heterocycles. The second-order valence-electron chi connectivity index (χ2n) is 5.58. The maximum Gasteiger partial charge on any atom is 0.231 e. The van der Waals surface area contributed by atoms with Crippen LogP contribution in [0.25, 0.3) is 0 Å². The van der Waals surface area contributed by atoms with Crippen molar-refractivity contribution in [1.82, 2.24) is 5.32 Å². The molecule has 0 aliphatic carbocycles. The maximum atomic E-state index is 13.1. The highest BCUT2D eigenvalue weighted by atomic mass is 32.2. The predicted octanol–water partition coefficient (Wildman–Crippen LogP) is 4.05. The van der Waals surface area contributed by atoms with Gasteiger partial charge < -0.3 is 14.8 Å². The summed E-state index contributed by atoms with van der Waals surface area (Å²) in [5.74, 6) is -0.0198. The average Bonchev–Trinajstić information content (AvgIpc) is 3.05. The summed E-state index contributed by atoms with van der Waals surface area (Å²) in [7, 11) is 0. The number of thioether (sulfide) groups is 1. The number of carbonyl (C=O) groups is 1. The van der Waals surface area contributed by atoms with E-state index < -0.39 is 11.6 Å². The van der Waals surface area contributed by atoms with Gasteiger partial charge in [0.15, 0.2) is 23.1 Å². The minimum atomic E-state index is -0.883. The van der Waals surface area contributed by atoms with Crippen LogP contribution in [0.3, 0.4) is 0 Å². The van der Waals surface area contributed by atoms with Crippen LogP contribution in [-0.4, -0.2) is 18.5 Å². The second-order valence-corrected chi connectivity index (χ2v) is 6.74. The van der Waals surface area contributed by atoms with E-state index in [2.05, 4.69) is 5.32 Å². The first-order valence-corrected chi connectivity index (χ1v) is 8.78. The summed E-state index contributed by atoms with van der Waals surface area (Å²) in [6, 6.07) is 9.09. The molecular formula is C18H17F2NO3S. The van der Waals surface area contributed by atoms with Crippen molar-refractivity contribution >= 4 is 17.7 Å². The lowest BCUT2D eigenvalue weighted by atomic mass is 10.1. The van der Waals surface area contributed by atoms with Gasteiger partial charge in [-0.2, -0.15) is 0 Å². The fraction of sp³-hybridized carbons (Fsp3) is 0.278. The fourth-order valence-electron chi connectivity index (χ4n) is 2.41. The van der Waals surface area contributed by atoms with E-state index in [0.29, 0.717) is 22.1 Å². The Morgan fingerprint density at radius 1 is 1.16 bits per heavy atom. The largest absolute Gasteiger partial charge is 0.454 e. The fourth-order valence-corrected chi connectivity index (χ4v) is 3.28. The quantitative estimate of drug-likeness (QED) is 0.785. The van der Waals surface area contributed by atoms with E-state index in [1.54, 1.807) is 0 Å². The van der Waals surface area contributed by atoms with E-state index in [9.17, 15) is 13.6 Å². The molecule has 2 aromatic rings. The number of fused-ring (bicyclic) bond motifs is 1. The molecule has 3 rings (SSSR count). The Kier molecular flexibility index (Phi) is 5.43. The number of hydrogen-bond donors (Lipinski definition) is 1. The zero-order chi connectivity index (χ0) is 17.8. The molecule has 0 saturated carbocycles. The molecule has 4 nitrogen and oxygen atoms in total. The molecule has 2 aromatic carbocycles. The summed E-state index contributed by atoms with van der Waals surface area (Å²) < 4.78 is 36.6. The van der Waals surface area contributed by atoms with Gasteiger partial charge in [-0.05, 0) is 42.8 Å². The number of hydrogen-bond acceptors (Lipinski definition) is 4. The smallest absolute Gasteiger partial charge is 0.231 e. The third kappa shape index (κ3) is 4.42. The molecule has 1 atom stereocenters. The minimum absolute atomic E-state index is 0.111. The molecule has 132 valence electrons. The van der Waals surface area contributed by atoms with Gasteiger partial charge in [0.25, 0.3) is 0 Å². The summed E-state index contributed by atoms with van der Waals surface area (Å²) in [5.41, 5.74) is 0.922. The third-order valence-corrected chi connectivity index (χ3v) is 4.76. The van der Waals surface area contributed by atoms with E-state index in [1.165, 1.54) is 17.8 Å². The molecule has 0 unspecified atom stereocenters. The molecule has 0 radical (unpaired) electrons. The van der Waals surface area contributed by atoms with Gasteiger partial charge in [-0.25, -0.2) is 8.78 Å². The van der Waals surface area contributed by atoms with Crippen molar-refractivity contribution in [1.29, 1.82) is 0 Å². The number of halogens is 2. The summed E-state index contributed by atoms with van der Waals surface area (Å²) in [4.78, 5) is 12.7. The van der Waals surface area contributed by atoms with Gasteiger partial charge >= 0.3 is 0 Å². The molecule has 0 spiro atoms. The van der Waals surface area contributed by atoms with Crippen molar-refractivity contribution in [3.63, 3.8) is 0 Å². The number of carbonyl (C=O) groups excluding carboxylic acids is 1. The van der Waals surface area contributed by atoms with Gasteiger partial charge in [0.05, 0.1) is 6.04 Å². The molecule has 0 saturated heterocycles. The molecule has 1 N–H and O–H groups in total. The van der Waals surface area contributed by atoms with Crippen LogP contribution in [0.15, 0.2) is 41.3 Å². The molecule has 1 heterocycles. The van der Waals surface area contributed by atoms with E-state index >= 15 is 0 Å². The SMILES string of the molecule is C[C@@H](NC(=O)CCSc1ccc(F)c(F)c1)c1ccc2c(c1)OCO2. The predicted molar refractivity (Wildman–Crippen MR) is 90.8 cm³/mol. The van der Waals surface area contributed by atoms with Crippen LogP contribution in [0.4, 0.5) is 8.78 Å². The number of ether oxygens (including phenoxy) is 2. The van der Waals surface area contributed by atoms with Gasteiger partial charge in [-0.1, -0.05) is 6.07 Å². The molecular weight excluding hydrogens is 348 g/mol. The highest BCUT2D eigenvalue weighted by Crippen LogP contribution is 2.34. The second kappa shape index (κ2) is 7.74. The van der Waals surface area contributed by atoms with Crippen LogP contribution >= 0.6 is 11.8 Å². The van der Waals surface area contributed by atoms with Crippen LogP contribution in [-0.2, 0) is 4.79 Å². The van der Waals surface area contributed by atoms with Crippen molar-refractivity contribution in [3.05, 3.63) is 53.6 Å². The molecule has 0 bridgehead atoms. The van der Waals surface area contributed by atoms with Gasteiger partial charge in [0.2, 0.25) is 12.7 Å². The van der Waals surface area contributed by atoms with Gasteiger partial charge in [0, 0.05) is 17.1 Å². The standard InChI is InChI=1S/C18H17F2NO3S/c1-11(12-2-5-16-17(8-12)24-10-23-16)21-18(22)6-7-25-13-3-4-14(19)15(20)9-13/h2-5,8-9,11H,6-7,10H2,1H3,(H,21,22)/t11-/m1/s1. The molecule has 1 aliphatic rings. The lowest BCUT2D eigenvalue weighted by molar-refractivity contribution is -0.121. The Hall–Kier alpha value is -2.28. The first kappa shape index (κ1) is 17.5. The monoisotopic (exact) mass is 365 g/mol. The van der Waals surface area contributed by atoms with Crippen molar-refractivity contribution in [2.75, 3.05) is 12.5 Å². The van der Waals surface area contributed by atoms with Gasteiger partial charge in [0.1, 0.15) is 0 Å². The Morgan fingerprint density at radius 2 is 1.96 bits per heavy atom. The normalized spacial score (nSPS) is 13.6. The zero-order valence-corrected chi connectivity index (χ0v) is 14.4. The van der Waals surface area contributed by atoms with Gasteiger partial charge in [-0.3, -0.25) is 4.79 Å². The van der Waals surface area contributed by atoms with Crippen molar-refractivity contribution in [3.8, 4) is 11.5 Å². The maximum absolute atomic E-state index is 13.1. The Balaban J connectivity index is 1.48. The Morgan fingerprint density at radius 3 is 2.76 bits per heavy atom. The molecule has 1 amide bonds. The molecule has 0 fully saturated rings. The highest BCUT2D eigenvalue weighted by molar-refractivity contribution is 7.99. The lowest BCUT2D eigenvalue weighted by Crippen LogP contribution is -2.26. The summed E-state index contributed by atoms with van der Waals surface area (Å²) in [6.45, 7) is 2.10. The summed E-state index contributed by atoms with van der Waals surface area (Å²) in [6.07, 6.45) is 0.276. The first-order valence-electron chi connectivity index (χ1n) is 7.79. The Bertz CT molecular complexity index is 785. The topological polar surface area (TPSA) is 47.6 Å². The van der Waals surface area contributed by atoms with Crippen molar-refractivity contribution in [2.45, 2.75) is 24.3 Å². The van der Waals surface area contributed by atoms with E-state index in [4.69, 9.17) is 9.47 Å². The van der Waals surface area contributed by atoms with Crippen LogP contribution in [0.1, 0.15) is 24.9 Å². The number of rotatable bonds is 6. The van der Waals surface area contributed by atoms with E-state index in [-0.39, 0.29) is 25.2 Å². The highest BCUT2D eigenvalue weighted by Gasteiger charge is 2.16. The van der Waals surface area contributed by atoms with Crippen LogP contribution < -0.4 is 14.8 Å². The number of amides is 1. The van der Waals surface area contributed by atoms with Crippen LogP contribution in [0.5, 0.6) is 11.5 Å². The van der Waals surface area contributed by atoms with Crippen LogP contribution in [0, 0.1) is 11.6 Å². The van der Waals surface area contributed by atoms with E-state index in [1.807, 2.05) is 25.1 Å². The number of benzene rings is 2. The summed E-state index contributed by atoms with van der Waals surface area (Å²) in [5, 5.41) is 2.91. The third-order valence-electron chi connectivity index (χ3n) is 3.76. The van der Waals surface area contributed by atoms with E-state index in [0.717, 1.165) is 17.7 Å².